The predicted octanol–water partition coefficient (Wildman–Crippen LogP) is 1.92. The van der Waals surface area contributed by atoms with Crippen LogP contribution in [0, 0.1) is 5.92 Å². The molecule has 1 heterocycles. The van der Waals surface area contributed by atoms with Crippen LogP contribution in [0.4, 0.5) is 4.79 Å². The standard InChI is InChI=1S/C14H25NO5Si/c1-5-19-13(17)11-10-15(7-6-12(11)16)14(18)20-8-9-21(2,3)4/h11H,5-10H2,1-4H3. The molecule has 0 aromatic rings. The number of nitrogens with zero attached hydrogens (tertiary/aromatic N) is 1. The summed E-state index contributed by atoms with van der Waals surface area (Å²) in [6, 6.07) is 0.896. The van der Waals surface area contributed by atoms with E-state index in [1.165, 1.54) is 4.90 Å². The number of likely N-dealkylation sites (tertiary alicyclic amines) is 1. The van der Waals surface area contributed by atoms with E-state index >= 15 is 0 Å². The van der Waals surface area contributed by atoms with E-state index in [0.717, 1.165) is 6.04 Å². The largest absolute Gasteiger partial charge is 0.465 e. The molecule has 0 aromatic carbocycles. The molecule has 1 atom stereocenters. The number of hydrogen-bond acceptors (Lipinski definition) is 5. The molecule has 0 aliphatic carbocycles. The zero-order valence-corrected chi connectivity index (χ0v) is 14.3. The van der Waals surface area contributed by atoms with Crippen LogP contribution in [-0.4, -0.2) is 57.1 Å². The minimum absolute atomic E-state index is 0.0590. The molecular formula is C14H25NO5Si. The molecule has 1 saturated heterocycles. The number of Topliss-reactive ketones (excluding diaryl/α,β-unsaturated/α-hetero) is 1. The molecule has 0 radical (unpaired) electrons. The quantitative estimate of drug-likeness (QED) is 0.440. The number of carbonyl (C=O) groups excluding carboxylic acids is 3. The number of ketones is 1. The Bertz CT molecular complexity index is 405. The summed E-state index contributed by atoms with van der Waals surface area (Å²) in [5.74, 6) is -1.59. The lowest BCUT2D eigenvalue weighted by molar-refractivity contribution is -0.153. The van der Waals surface area contributed by atoms with Crippen LogP contribution in [0.3, 0.4) is 0 Å². The zero-order chi connectivity index (χ0) is 16.0. The molecule has 1 rings (SSSR count). The third-order valence-corrected chi connectivity index (χ3v) is 5.03. The Morgan fingerprint density at radius 1 is 1.29 bits per heavy atom. The van der Waals surface area contributed by atoms with E-state index < -0.39 is 26.1 Å². The Kier molecular flexibility index (Phi) is 6.38. The highest BCUT2D eigenvalue weighted by molar-refractivity contribution is 6.76. The predicted molar refractivity (Wildman–Crippen MR) is 80.8 cm³/mol. The van der Waals surface area contributed by atoms with Crippen molar-refractivity contribution < 1.29 is 23.9 Å². The van der Waals surface area contributed by atoms with Gasteiger partial charge in [-0.2, -0.15) is 0 Å². The summed E-state index contributed by atoms with van der Waals surface area (Å²) in [6.07, 6.45) is -0.276. The van der Waals surface area contributed by atoms with Gasteiger partial charge in [0.25, 0.3) is 0 Å². The summed E-state index contributed by atoms with van der Waals surface area (Å²) < 4.78 is 10.1. The van der Waals surface area contributed by atoms with E-state index in [4.69, 9.17) is 9.47 Å². The van der Waals surface area contributed by atoms with Crippen LogP contribution in [0.5, 0.6) is 0 Å². The fourth-order valence-corrected chi connectivity index (χ4v) is 2.70. The maximum Gasteiger partial charge on any atom is 0.409 e. The SMILES string of the molecule is CCOC(=O)C1CN(C(=O)OCC[Si](C)(C)C)CCC1=O. The number of ether oxygens (including phenoxy) is 2. The minimum Gasteiger partial charge on any atom is -0.465 e. The Balaban J connectivity index is 2.50. The van der Waals surface area contributed by atoms with Gasteiger partial charge in [-0.1, -0.05) is 19.6 Å². The lowest BCUT2D eigenvalue weighted by atomic mass is 9.97. The van der Waals surface area contributed by atoms with Crippen molar-refractivity contribution in [3.8, 4) is 0 Å². The number of esters is 1. The van der Waals surface area contributed by atoms with E-state index in [0.29, 0.717) is 13.2 Å². The molecule has 6 nitrogen and oxygen atoms in total. The maximum atomic E-state index is 12.0. The van der Waals surface area contributed by atoms with Crippen LogP contribution < -0.4 is 0 Å². The van der Waals surface area contributed by atoms with Crippen molar-refractivity contribution in [3.05, 3.63) is 0 Å². The van der Waals surface area contributed by atoms with Gasteiger partial charge in [-0.15, -0.1) is 0 Å². The second-order valence-corrected chi connectivity index (χ2v) is 12.0. The molecular weight excluding hydrogens is 290 g/mol. The zero-order valence-electron chi connectivity index (χ0n) is 13.3. The Morgan fingerprint density at radius 3 is 2.52 bits per heavy atom. The average Bonchev–Trinajstić information content (AvgIpc) is 2.37. The Morgan fingerprint density at radius 2 is 1.95 bits per heavy atom. The van der Waals surface area contributed by atoms with E-state index in [1.54, 1.807) is 6.92 Å². The minimum atomic E-state index is -1.25. The smallest absolute Gasteiger partial charge is 0.409 e. The fraction of sp³-hybridized carbons (Fsp3) is 0.786. The van der Waals surface area contributed by atoms with Crippen LogP contribution in [-0.2, 0) is 19.1 Å². The second-order valence-electron chi connectivity index (χ2n) is 6.39. The first-order valence-electron chi connectivity index (χ1n) is 7.35. The van der Waals surface area contributed by atoms with Crippen molar-refractivity contribution in [2.45, 2.75) is 39.0 Å². The van der Waals surface area contributed by atoms with E-state index in [2.05, 4.69) is 19.6 Å². The van der Waals surface area contributed by atoms with Gasteiger partial charge in [0.2, 0.25) is 0 Å². The lowest BCUT2D eigenvalue weighted by Crippen LogP contribution is -2.47. The third-order valence-electron chi connectivity index (χ3n) is 3.33. The number of rotatable bonds is 5. The van der Waals surface area contributed by atoms with Crippen molar-refractivity contribution in [1.82, 2.24) is 4.90 Å². The van der Waals surface area contributed by atoms with Crippen LogP contribution in [0.1, 0.15) is 13.3 Å². The molecule has 1 aliphatic rings. The van der Waals surface area contributed by atoms with E-state index in [-0.39, 0.29) is 25.4 Å². The molecule has 0 aromatic heterocycles. The summed E-state index contributed by atoms with van der Waals surface area (Å²) in [4.78, 5) is 36.9. The van der Waals surface area contributed by atoms with Gasteiger partial charge in [-0.05, 0) is 13.0 Å². The normalized spacial score (nSPS) is 19.3. The first-order chi connectivity index (χ1) is 9.74. The highest BCUT2D eigenvalue weighted by atomic mass is 28.3. The second kappa shape index (κ2) is 7.58. The molecule has 1 aliphatic heterocycles. The van der Waals surface area contributed by atoms with Crippen molar-refractivity contribution in [2.75, 3.05) is 26.3 Å². The highest BCUT2D eigenvalue weighted by Gasteiger charge is 2.36. The van der Waals surface area contributed by atoms with Gasteiger partial charge in [0.15, 0.2) is 5.78 Å². The maximum absolute atomic E-state index is 12.0. The van der Waals surface area contributed by atoms with E-state index in [9.17, 15) is 14.4 Å². The molecule has 1 unspecified atom stereocenters. The fourth-order valence-electron chi connectivity index (χ4n) is 1.98. The first-order valence-corrected chi connectivity index (χ1v) is 11.1. The number of amides is 1. The molecule has 120 valence electrons. The van der Waals surface area contributed by atoms with Gasteiger partial charge in [0.1, 0.15) is 5.92 Å². The highest BCUT2D eigenvalue weighted by Crippen LogP contribution is 2.16. The van der Waals surface area contributed by atoms with Gasteiger partial charge in [0.05, 0.1) is 13.2 Å². The Labute approximate surface area is 126 Å². The topological polar surface area (TPSA) is 72.9 Å². The summed E-state index contributed by atoms with van der Waals surface area (Å²) in [5, 5.41) is 0. The van der Waals surface area contributed by atoms with Crippen LogP contribution in [0.2, 0.25) is 25.7 Å². The van der Waals surface area contributed by atoms with E-state index in [1.807, 2.05) is 0 Å². The molecule has 21 heavy (non-hydrogen) atoms. The number of hydrogen-bond donors (Lipinski definition) is 0. The molecule has 1 fully saturated rings. The van der Waals surface area contributed by atoms with Crippen molar-refractivity contribution in [1.29, 1.82) is 0 Å². The van der Waals surface area contributed by atoms with Gasteiger partial charge >= 0.3 is 12.1 Å². The molecule has 0 saturated carbocycles. The first kappa shape index (κ1) is 17.7. The monoisotopic (exact) mass is 315 g/mol. The molecule has 0 N–H and O–H groups in total. The van der Waals surface area contributed by atoms with Crippen LogP contribution in [0.25, 0.3) is 0 Å². The van der Waals surface area contributed by atoms with Gasteiger partial charge < -0.3 is 14.4 Å². The third kappa shape index (κ3) is 5.87. The Hall–Kier alpha value is -1.37. The van der Waals surface area contributed by atoms with Crippen molar-refractivity contribution in [3.63, 3.8) is 0 Å². The van der Waals surface area contributed by atoms with Crippen LogP contribution >= 0.6 is 0 Å². The van der Waals surface area contributed by atoms with Gasteiger partial charge in [-0.25, -0.2) is 4.79 Å². The average molecular weight is 315 g/mol. The summed E-state index contributed by atoms with van der Waals surface area (Å²) in [6.45, 7) is 9.29. The van der Waals surface area contributed by atoms with Crippen molar-refractivity contribution >= 4 is 25.9 Å². The molecule has 1 amide bonds. The molecule has 0 spiro atoms. The van der Waals surface area contributed by atoms with Gasteiger partial charge in [-0.3, -0.25) is 9.59 Å². The number of carbonyl (C=O) groups is 3. The molecule has 7 heteroatoms. The summed E-state index contributed by atoms with van der Waals surface area (Å²) >= 11 is 0. The molecule has 0 bridgehead atoms. The summed E-state index contributed by atoms with van der Waals surface area (Å²) in [7, 11) is -1.25. The van der Waals surface area contributed by atoms with Gasteiger partial charge in [0, 0.05) is 27.6 Å². The van der Waals surface area contributed by atoms with Crippen LogP contribution in [0.15, 0.2) is 0 Å². The lowest BCUT2D eigenvalue weighted by Gasteiger charge is -2.30. The number of piperidine rings is 1. The summed E-state index contributed by atoms with van der Waals surface area (Å²) in [5.41, 5.74) is 0. The van der Waals surface area contributed by atoms with Crippen molar-refractivity contribution in [2.24, 2.45) is 5.92 Å².